The summed E-state index contributed by atoms with van der Waals surface area (Å²) in [6, 6.07) is 16.6. The van der Waals surface area contributed by atoms with Gasteiger partial charge in [-0.1, -0.05) is 127 Å². The molecule has 1 unspecified atom stereocenters. The van der Waals surface area contributed by atoms with Crippen LogP contribution in [0, 0.1) is 0 Å². The topological polar surface area (TPSA) is 35.5 Å². The fourth-order valence-electron chi connectivity index (χ4n) is 4.53. The quantitative estimate of drug-likeness (QED) is 0.136. The van der Waals surface area contributed by atoms with Crippen LogP contribution >= 0.6 is 0 Å². The van der Waals surface area contributed by atoms with Crippen LogP contribution in [0.3, 0.4) is 0 Å². The van der Waals surface area contributed by atoms with E-state index < -0.39 is 0 Å². The molecular weight excluding hydrogens is 444 g/mol. The minimum atomic E-state index is -0.223. The Labute approximate surface area is 221 Å². The molecule has 0 saturated carbocycles. The molecule has 0 aliphatic heterocycles. The van der Waals surface area contributed by atoms with Gasteiger partial charge >= 0.3 is 5.97 Å². The summed E-state index contributed by atoms with van der Waals surface area (Å²) in [5, 5.41) is 0. The number of hydrogen-bond donors (Lipinski definition) is 0. The molecule has 3 heteroatoms. The van der Waals surface area contributed by atoms with Crippen molar-refractivity contribution in [3.05, 3.63) is 54.1 Å². The van der Waals surface area contributed by atoms with Gasteiger partial charge in [0.25, 0.3) is 0 Å². The first-order valence-corrected chi connectivity index (χ1v) is 14.7. The zero-order chi connectivity index (χ0) is 25.8. The number of carbonyl (C=O) groups is 1. The molecule has 0 aromatic heterocycles. The van der Waals surface area contributed by atoms with Crippen molar-refractivity contribution in [2.45, 2.75) is 123 Å². The number of benzene rings is 2. The maximum atomic E-state index is 11.7. The van der Waals surface area contributed by atoms with E-state index in [-0.39, 0.29) is 12.1 Å². The normalized spacial score (nSPS) is 11.9. The Hall–Kier alpha value is -2.29. The summed E-state index contributed by atoms with van der Waals surface area (Å²) in [4.78, 5) is 11.7. The van der Waals surface area contributed by atoms with E-state index in [4.69, 9.17) is 9.47 Å². The first-order chi connectivity index (χ1) is 17.6. The van der Waals surface area contributed by atoms with Gasteiger partial charge in [0.05, 0.1) is 6.61 Å². The fourth-order valence-corrected chi connectivity index (χ4v) is 4.53. The predicted octanol–water partition coefficient (Wildman–Crippen LogP) is 10.2. The zero-order valence-electron chi connectivity index (χ0n) is 23.2. The van der Waals surface area contributed by atoms with E-state index in [9.17, 15) is 4.79 Å². The minimum absolute atomic E-state index is 0.136. The number of carbonyl (C=O) groups excluding carboxylic acids is 1. The Morgan fingerprint density at radius 1 is 0.639 bits per heavy atom. The lowest BCUT2D eigenvalue weighted by Gasteiger charge is -2.14. The van der Waals surface area contributed by atoms with Gasteiger partial charge in [-0.05, 0) is 48.6 Å². The summed E-state index contributed by atoms with van der Waals surface area (Å²) in [5.74, 6) is 0.800. The number of hydrogen-bond acceptors (Lipinski definition) is 3. The summed E-state index contributed by atoms with van der Waals surface area (Å²) in [5.41, 5.74) is 3.32. The Balaban J connectivity index is 1.56. The van der Waals surface area contributed by atoms with Crippen LogP contribution in [0.15, 0.2) is 48.5 Å². The summed E-state index contributed by atoms with van der Waals surface area (Å²) >= 11 is 0. The van der Waals surface area contributed by atoms with Crippen LogP contribution in [0.1, 0.15) is 129 Å². The van der Waals surface area contributed by atoms with Gasteiger partial charge in [-0.15, -0.1) is 0 Å². The van der Waals surface area contributed by atoms with E-state index in [0.717, 1.165) is 41.9 Å². The Bertz CT molecular complexity index is 810. The average molecular weight is 495 g/mol. The van der Waals surface area contributed by atoms with E-state index in [1.165, 1.54) is 77.0 Å². The van der Waals surface area contributed by atoms with Crippen LogP contribution < -0.4 is 4.74 Å². The van der Waals surface area contributed by atoms with E-state index in [1.807, 2.05) is 26.0 Å². The summed E-state index contributed by atoms with van der Waals surface area (Å²) in [6.45, 7) is 6.98. The molecule has 0 aliphatic carbocycles. The van der Waals surface area contributed by atoms with Crippen LogP contribution in [0.4, 0.5) is 0 Å². The van der Waals surface area contributed by atoms with E-state index in [2.05, 4.69) is 43.3 Å². The molecule has 0 spiro atoms. The molecule has 0 fully saturated rings. The standard InChI is InChI=1S/C33H50O3/c1-4-6-7-8-9-10-11-12-13-14-15-16-17-27-35-32-25-23-31(24-26-32)30-21-19-29(20-22-30)28(3)36-33(34)18-5-2/h19-26,28H,4-18,27H2,1-3H3. The molecule has 3 nitrogen and oxygen atoms in total. The van der Waals surface area contributed by atoms with Gasteiger partial charge in [0.15, 0.2) is 0 Å². The lowest BCUT2D eigenvalue weighted by atomic mass is 10.0. The van der Waals surface area contributed by atoms with Gasteiger partial charge < -0.3 is 9.47 Å². The number of esters is 1. The molecule has 36 heavy (non-hydrogen) atoms. The molecule has 0 amide bonds. The van der Waals surface area contributed by atoms with Crippen LogP contribution in [0.2, 0.25) is 0 Å². The summed E-state index contributed by atoms with van der Waals surface area (Å²) in [7, 11) is 0. The molecule has 0 N–H and O–H groups in total. The lowest BCUT2D eigenvalue weighted by molar-refractivity contribution is -0.148. The number of unbranched alkanes of at least 4 members (excludes halogenated alkanes) is 12. The molecule has 0 heterocycles. The van der Waals surface area contributed by atoms with Crippen molar-refractivity contribution in [1.29, 1.82) is 0 Å². The van der Waals surface area contributed by atoms with Crippen molar-refractivity contribution in [2.75, 3.05) is 6.61 Å². The molecule has 0 bridgehead atoms. The zero-order valence-corrected chi connectivity index (χ0v) is 23.2. The molecular formula is C33H50O3. The van der Waals surface area contributed by atoms with E-state index >= 15 is 0 Å². The third kappa shape index (κ3) is 12.6. The highest BCUT2D eigenvalue weighted by molar-refractivity contribution is 5.69. The molecule has 2 rings (SSSR count). The third-order valence-electron chi connectivity index (χ3n) is 6.85. The number of rotatable bonds is 20. The molecule has 2 aromatic rings. The van der Waals surface area contributed by atoms with Gasteiger partial charge in [-0.3, -0.25) is 4.79 Å². The van der Waals surface area contributed by atoms with Crippen molar-refractivity contribution in [2.24, 2.45) is 0 Å². The van der Waals surface area contributed by atoms with Crippen molar-refractivity contribution in [1.82, 2.24) is 0 Å². The highest BCUT2D eigenvalue weighted by atomic mass is 16.5. The van der Waals surface area contributed by atoms with E-state index in [0.29, 0.717) is 6.42 Å². The first kappa shape index (κ1) is 29.9. The average Bonchev–Trinajstić information content (AvgIpc) is 2.89. The lowest BCUT2D eigenvalue weighted by Crippen LogP contribution is -2.08. The van der Waals surface area contributed by atoms with Gasteiger partial charge in [-0.25, -0.2) is 0 Å². The Morgan fingerprint density at radius 3 is 1.61 bits per heavy atom. The van der Waals surface area contributed by atoms with Crippen molar-refractivity contribution in [3.8, 4) is 16.9 Å². The van der Waals surface area contributed by atoms with Gasteiger partial charge in [-0.2, -0.15) is 0 Å². The van der Waals surface area contributed by atoms with Gasteiger partial charge in [0.2, 0.25) is 0 Å². The second-order valence-corrected chi connectivity index (χ2v) is 10.1. The SMILES string of the molecule is CCCCCCCCCCCCCCCOc1ccc(-c2ccc(C(C)OC(=O)CCC)cc2)cc1. The number of ether oxygens (including phenoxy) is 2. The fraction of sp³-hybridized carbons (Fsp3) is 0.606. The molecule has 0 aliphatic rings. The van der Waals surface area contributed by atoms with Gasteiger partial charge in [0, 0.05) is 6.42 Å². The van der Waals surface area contributed by atoms with Crippen LogP contribution in [-0.4, -0.2) is 12.6 Å². The van der Waals surface area contributed by atoms with Crippen molar-refractivity contribution >= 4 is 5.97 Å². The largest absolute Gasteiger partial charge is 0.494 e. The highest BCUT2D eigenvalue weighted by Crippen LogP contribution is 2.26. The van der Waals surface area contributed by atoms with E-state index in [1.54, 1.807) is 0 Å². The van der Waals surface area contributed by atoms with Crippen molar-refractivity contribution < 1.29 is 14.3 Å². The molecule has 0 radical (unpaired) electrons. The molecule has 0 saturated heterocycles. The monoisotopic (exact) mass is 494 g/mol. The summed E-state index contributed by atoms with van der Waals surface area (Å²) < 4.78 is 11.4. The van der Waals surface area contributed by atoms with Crippen LogP contribution in [0.5, 0.6) is 5.75 Å². The first-order valence-electron chi connectivity index (χ1n) is 14.7. The van der Waals surface area contributed by atoms with Gasteiger partial charge in [0.1, 0.15) is 11.9 Å². The van der Waals surface area contributed by atoms with Crippen molar-refractivity contribution in [3.63, 3.8) is 0 Å². The minimum Gasteiger partial charge on any atom is -0.494 e. The second-order valence-electron chi connectivity index (χ2n) is 10.1. The van der Waals surface area contributed by atoms with Crippen LogP contribution in [-0.2, 0) is 9.53 Å². The van der Waals surface area contributed by atoms with Crippen LogP contribution in [0.25, 0.3) is 11.1 Å². The molecule has 2 aromatic carbocycles. The smallest absolute Gasteiger partial charge is 0.306 e. The molecule has 200 valence electrons. The maximum Gasteiger partial charge on any atom is 0.306 e. The maximum absolute atomic E-state index is 11.7. The highest BCUT2D eigenvalue weighted by Gasteiger charge is 2.11. The molecule has 1 atom stereocenters. The Morgan fingerprint density at radius 2 is 1.11 bits per heavy atom. The Kier molecular flexibility index (Phi) is 15.7. The predicted molar refractivity (Wildman–Crippen MR) is 152 cm³/mol. The third-order valence-corrected chi connectivity index (χ3v) is 6.85. The summed E-state index contributed by atoms with van der Waals surface area (Å²) in [6.07, 6.45) is 18.8. The second kappa shape index (κ2) is 18.9.